The van der Waals surface area contributed by atoms with Gasteiger partial charge in [0.05, 0.1) is 19.2 Å². The molecule has 1 aromatic rings. The third kappa shape index (κ3) is 4.00. The fraction of sp³-hybridized carbons (Fsp3) is 0.526. The molecule has 1 aliphatic carbocycles. The Morgan fingerprint density at radius 3 is 2.48 bits per heavy atom. The van der Waals surface area contributed by atoms with Gasteiger partial charge in [-0.25, -0.2) is 18.0 Å². The van der Waals surface area contributed by atoms with Gasteiger partial charge in [0, 0.05) is 31.2 Å². The van der Waals surface area contributed by atoms with E-state index in [9.17, 15) is 22.8 Å². The molecule has 0 spiro atoms. The lowest BCUT2D eigenvalue weighted by Gasteiger charge is -2.22. The molecular weight excluding hydrogens is 387 g/mol. The Bertz CT molecular complexity index is 844. The highest BCUT2D eigenvalue weighted by atomic mass is 19.3. The first kappa shape index (κ1) is 19.5. The molecule has 3 amide bonds. The van der Waals surface area contributed by atoms with Crippen LogP contribution in [0.4, 0.5) is 23.7 Å². The van der Waals surface area contributed by atoms with Crippen LogP contribution in [0.1, 0.15) is 6.42 Å². The molecule has 29 heavy (non-hydrogen) atoms. The first-order valence-corrected chi connectivity index (χ1v) is 9.39. The van der Waals surface area contributed by atoms with Crippen molar-refractivity contribution >= 4 is 17.6 Å². The number of urea groups is 1. The number of nitriles is 1. The first-order valence-electron chi connectivity index (χ1n) is 9.39. The summed E-state index contributed by atoms with van der Waals surface area (Å²) >= 11 is 0. The Hall–Kier alpha value is -2.80. The number of hydrogen-bond donors (Lipinski definition) is 2. The number of halogens is 3. The van der Waals surface area contributed by atoms with E-state index in [1.807, 2.05) is 0 Å². The van der Waals surface area contributed by atoms with Crippen molar-refractivity contribution in [1.82, 2.24) is 15.1 Å². The smallest absolute Gasteiger partial charge is 0.321 e. The van der Waals surface area contributed by atoms with Crippen molar-refractivity contribution < 1.29 is 22.8 Å². The molecule has 3 fully saturated rings. The summed E-state index contributed by atoms with van der Waals surface area (Å²) < 4.78 is 39.8. The largest absolute Gasteiger partial charge is 0.324 e. The number of carbonyl (C=O) groups is 2. The highest BCUT2D eigenvalue weighted by molar-refractivity contribution is 5.89. The summed E-state index contributed by atoms with van der Waals surface area (Å²) in [6, 6.07) is 5.95. The van der Waals surface area contributed by atoms with Crippen molar-refractivity contribution in [2.45, 2.75) is 24.4 Å². The van der Waals surface area contributed by atoms with Crippen LogP contribution in [0.3, 0.4) is 0 Å². The minimum absolute atomic E-state index is 0.0532. The van der Waals surface area contributed by atoms with E-state index in [0.717, 1.165) is 4.90 Å². The van der Waals surface area contributed by atoms with Gasteiger partial charge in [-0.15, -0.1) is 0 Å². The maximum absolute atomic E-state index is 13.5. The van der Waals surface area contributed by atoms with Crippen LogP contribution in [-0.2, 0) is 4.79 Å². The number of likely N-dealkylation sites (tertiary alicyclic amines) is 2. The number of alkyl halides is 2. The maximum Gasteiger partial charge on any atom is 0.321 e. The number of hydrogen-bond acceptors (Lipinski definition) is 4. The molecule has 0 radical (unpaired) electrons. The van der Waals surface area contributed by atoms with Gasteiger partial charge in [0.15, 0.2) is 0 Å². The minimum atomic E-state index is -3.02. The standard InChI is InChI=1S/C19H20F3N5O2/c20-11-1-3-12(4-2-11)25-18(29)26-8-14-15(9-26)17(14)24-7-16(28)27-10-19(21,22)5-13(27)6-23/h1-4,13-15,17,24H,5,7-10H2,(H,25,29)/t13?,14-,15-/m1/s1. The van der Waals surface area contributed by atoms with Gasteiger partial charge in [0.25, 0.3) is 5.92 Å². The van der Waals surface area contributed by atoms with Crippen LogP contribution in [0.5, 0.6) is 0 Å². The normalized spacial score (nSPS) is 29.3. The molecule has 1 saturated carbocycles. The van der Waals surface area contributed by atoms with E-state index in [-0.39, 0.29) is 36.3 Å². The second-order valence-electron chi connectivity index (χ2n) is 7.80. The van der Waals surface area contributed by atoms with Gasteiger partial charge in [0.2, 0.25) is 5.91 Å². The Morgan fingerprint density at radius 1 is 1.21 bits per heavy atom. The third-order valence-corrected chi connectivity index (χ3v) is 5.80. The van der Waals surface area contributed by atoms with Crippen molar-refractivity contribution in [3.8, 4) is 6.07 Å². The predicted octanol–water partition coefficient (Wildman–Crippen LogP) is 1.64. The van der Waals surface area contributed by atoms with E-state index in [0.29, 0.717) is 18.8 Å². The van der Waals surface area contributed by atoms with E-state index in [1.54, 1.807) is 11.0 Å². The number of benzene rings is 1. The summed E-state index contributed by atoms with van der Waals surface area (Å²) in [4.78, 5) is 27.1. The van der Waals surface area contributed by atoms with E-state index >= 15 is 0 Å². The molecule has 10 heteroatoms. The molecule has 3 atom stereocenters. The Morgan fingerprint density at radius 2 is 1.86 bits per heavy atom. The summed E-state index contributed by atoms with van der Waals surface area (Å²) in [5, 5.41) is 14.8. The Labute approximate surface area is 165 Å². The number of rotatable bonds is 4. The highest BCUT2D eigenvalue weighted by Gasteiger charge is 2.57. The van der Waals surface area contributed by atoms with Crippen molar-refractivity contribution in [2.24, 2.45) is 11.8 Å². The molecule has 1 aromatic carbocycles. The van der Waals surface area contributed by atoms with Crippen molar-refractivity contribution in [3.63, 3.8) is 0 Å². The number of fused-ring (bicyclic) bond motifs is 1. The maximum atomic E-state index is 13.5. The average Bonchev–Trinajstić information content (AvgIpc) is 3.01. The van der Waals surface area contributed by atoms with Gasteiger partial charge in [-0.1, -0.05) is 0 Å². The molecule has 2 N–H and O–H groups in total. The second-order valence-corrected chi connectivity index (χ2v) is 7.80. The Balaban J connectivity index is 1.22. The summed E-state index contributed by atoms with van der Waals surface area (Å²) in [6.07, 6.45) is -0.623. The van der Waals surface area contributed by atoms with Crippen LogP contribution in [0.25, 0.3) is 0 Å². The van der Waals surface area contributed by atoms with E-state index in [1.165, 1.54) is 24.3 Å². The van der Waals surface area contributed by atoms with Gasteiger partial charge in [0.1, 0.15) is 11.9 Å². The van der Waals surface area contributed by atoms with E-state index in [4.69, 9.17) is 5.26 Å². The van der Waals surface area contributed by atoms with Crippen LogP contribution in [-0.4, -0.2) is 65.9 Å². The molecule has 2 saturated heterocycles. The van der Waals surface area contributed by atoms with Crippen molar-refractivity contribution in [2.75, 3.05) is 31.5 Å². The van der Waals surface area contributed by atoms with Gasteiger partial charge in [-0.05, 0) is 36.1 Å². The molecule has 2 aliphatic heterocycles. The van der Waals surface area contributed by atoms with E-state index < -0.39 is 30.8 Å². The fourth-order valence-corrected chi connectivity index (χ4v) is 4.23. The molecule has 4 rings (SSSR count). The molecule has 3 aliphatic rings. The summed E-state index contributed by atoms with van der Waals surface area (Å²) in [5.41, 5.74) is 0.506. The average molecular weight is 407 g/mol. The zero-order valence-electron chi connectivity index (χ0n) is 15.4. The lowest BCUT2D eigenvalue weighted by Crippen LogP contribution is -2.44. The van der Waals surface area contributed by atoms with Crippen molar-refractivity contribution in [1.29, 1.82) is 5.26 Å². The SMILES string of the molecule is N#CC1CC(F)(F)CN1C(=O)CNC1[C@@H]2CN(C(=O)Nc3ccc(F)cc3)C[C@@H]12. The number of amides is 3. The number of nitrogens with one attached hydrogen (secondary N) is 2. The second kappa shape index (κ2) is 7.22. The number of carbonyl (C=O) groups excluding carboxylic acids is 2. The fourth-order valence-electron chi connectivity index (χ4n) is 4.23. The first-order chi connectivity index (χ1) is 13.8. The van der Waals surface area contributed by atoms with Gasteiger partial charge in [-0.2, -0.15) is 5.26 Å². The molecule has 2 heterocycles. The van der Waals surface area contributed by atoms with Crippen LogP contribution in [0.15, 0.2) is 24.3 Å². The van der Waals surface area contributed by atoms with Crippen molar-refractivity contribution in [3.05, 3.63) is 30.1 Å². The number of piperidine rings is 1. The summed E-state index contributed by atoms with van der Waals surface area (Å²) in [6.45, 7) is 0.215. The zero-order chi connectivity index (χ0) is 20.8. The van der Waals surface area contributed by atoms with E-state index in [2.05, 4.69) is 10.6 Å². The number of anilines is 1. The summed E-state index contributed by atoms with van der Waals surface area (Å²) in [5.74, 6) is -3.51. The predicted molar refractivity (Wildman–Crippen MR) is 96.4 cm³/mol. The van der Waals surface area contributed by atoms with Crippen LogP contribution < -0.4 is 10.6 Å². The minimum Gasteiger partial charge on any atom is -0.324 e. The monoisotopic (exact) mass is 407 g/mol. The number of nitrogens with zero attached hydrogens (tertiary/aromatic N) is 3. The molecule has 0 bridgehead atoms. The van der Waals surface area contributed by atoms with Gasteiger partial charge in [-0.3, -0.25) is 4.79 Å². The zero-order valence-corrected chi connectivity index (χ0v) is 15.4. The lowest BCUT2D eigenvalue weighted by molar-refractivity contribution is -0.131. The molecule has 7 nitrogen and oxygen atoms in total. The summed E-state index contributed by atoms with van der Waals surface area (Å²) in [7, 11) is 0. The van der Waals surface area contributed by atoms with Crippen LogP contribution in [0.2, 0.25) is 0 Å². The molecule has 154 valence electrons. The van der Waals surface area contributed by atoms with Gasteiger partial charge < -0.3 is 20.4 Å². The van der Waals surface area contributed by atoms with Crippen LogP contribution >= 0.6 is 0 Å². The molecule has 1 unspecified atom stereocenters. The molecular formula is C19H20F3N5O2. The van der Waals surface area contributed by atoms with Crippen LogP contribution in [0, 0.1) is 29.0 Å². The topological polar surface area (TPSA) is 88.5 Å². The Kier molecular flexibility index (Phi) is 4.86. The molecule has 0 aromatic heterocycles. The highest BCUT2D eigenvalue weighted by Crippen LogP contribution is 2.45. The lowest BCUT2D eigenvalue weighted by atomic mass is 10.2. The quantitative estimate of drug-likeness (QED) is 0.794. The third-order valence-electron chi connectivity index (χ3n) is 5.80. The van der Waals surface area contributed by atoms with Gasteiger partial charge >= 0.3 is 6.03 Å².